The van der Waals surface area contributed by atoms with E-state index in [9.17, 15) is 4.11 Å². The molecule has 0 saturated heterocycles. The Morgan fingerprint density at radius 1 is 0.356 bits per heavy atom. The molecule has 0 unspecified atom stereocenters. The Morgan fingerprint density at radius 3 is 1.51 bits per heavy atom. The van der Waals surface area contributed by atoms with Crippen LogP contribution in [0.15, 0.2) is 174 Å². The van der Waals surface area contributed by atoms with E-state index in [-0.39, 0.29) is 87.0 Å². The molecule has 0 radical (unpaired) electrons. The maximum absolute atomic E-state index is 9.62. The third-order valence-electron chi connectivity index (χ3n) is 8.22. The van der Waals surface area contributed by atoms with Gasteiger partial charge in [-0.15, -0.1) is 0 Å². The SMILES string of the molecule is [2H]c1c([2H])c([2H])c(-c2ccccc2-c2c3ccccc3c(-c3c([2H])c([2H])c4c(oc5c([2H])c(-c6ccccc6)c([2H])c([2H])c54)c3[2H])c3ccccc23)c([2H])c1[2H]. The standard InChI is InChI=1S/C44H28O/c1-3-13-29(14-4-1)31-23-25-34-35-26-24-32(28-42(35)45-41(34)27-31)43-37-19-9-11-21-39(37)44(40-22-12-10-20-38(40)43)36-18-8-7-17-33(36)30-15-5-2-6-16-30/h1-28H/i2D,5D,6D,15D,16D,23D,24D,25D,26D,27D,28D. The summed E-state index contributed by atoms with van der Waals surface area (Å²) in [7, 11) is 0. The Morgan fingerprint density at radius 2 is 0.867 bits per heavy atom. The first-order chi connectivity index (χ1) is 26.9. The highest BCUT2D eigenvalue weighted by molar-refractivity contribution is 6.23. The molecule has 0 fully saturated rings. The third kappa shape index (κ3) is 4.17. The van der Waals surface area contributed by atoms with E-state index in [1.165, 1.54) is 0 Å². The van der Waals surface area contributed by atoms with Gasteiger partial charge in [-0.1, -0.05) is 145 Å². The highest BCUT2D eigenvalue weighted by Crippen LogP contribution is 2.46. The van der Waals surface area contributed by atoms with Gasteiger partial charge in [0.25, 0.3) is 0 Å². The van der Waals surface area contributed by atoms with Gasteiger partial charge in [0.1, 0.15) is 11.2 Å². The molecule has 0 spiro atoms. The molecule has 0 amide bonds. The van der Waals surface area contributed by atoms with Crippen LogP contribution in [-0.4, -0.2) is 0 Å². The first-order valence-electron chi connectivity index (χ1n) is 20.1. The summed E-state index contributed by atoms with van der Waals surface area (Å²) in [6, 6.07) is 27.5. The summed E-state index contributed by atoms with van der Waals surface area (Å²) in [6.45, 7) is 0. The molecule has 1 aromatic heterocycles. The van der Waals surface area contributed by atoms with Crippen LogP contribution >= 0.6 is 0 Å². The summed E-state index contributed by atoms with van der Waals surface area (Å²) in [5.74, 6) is 0. The zero-order valence-corrected chi connectivity index (χ0v) is 23.7. The van der Waals surface area contributed by atoms with Gasteiger partial charge in [0, 0.05) is 10.8 Å². The number of hydrogen-bond donors (Lipinski definition) is 0. The highest BCUT2D eigenvalue weighted by Gasteiger charge is 2.19. The summed E-state index contributed by atoms with van der Waals surface area (Å²) >= 11 is 0. The van der Waals surface area contributed by atoms with Crippen molar-refractivity contribution in [2.45, 2.75) is 0 Å². The lowest BCUT2D eigenvalue weighted by molar-refractivity contribution is 0.669. The van der Waals surface area contributed by atoms with Crippen LogP contribution < -0.4 is 0 Å². The second-order valence-corrected chi connectivity index (χ2v) is 10.8. The number of fused-ring (bicyclic) bond motifs is 5. The largest absolute Gasteiger partial charge is 0.456 e. The van der Waals surface area contributed by atoms with Gasteiger partial charge >= 0.3 is 0 Å². The second-order valence-electron chi connectivity index (χ2n) is 10.8. The van der Waals surface area contributed by atoms with E-state index in [1.54, 1.807) is 36.4 Å². The summed E-state index contributed by atoms with van der Waals surface area (Å²) < 4.78 is 104. The van der Waals surface area contributed by atoms with Crippen LogP contribution in [0.5, 0.6) is 0 Å². The molecule has 1 heteroatoms. The molecule has 9 rings (SSSR count). The molecule has 45 heavy (non-hydrogen) atoms. The predicted octanol–water partition coefficient (Wildman–Crippen LogP) is 12.6. The molecular formula is C44H28O. The van der Waals surface area contributed by atoms with Crippen LogP contribution in [0.4, 0.5) is 0 Å². The smallest absolute Gasteiger partial charge is 0.136 e. The summed E-state index contributed by atoms with van der Waals surface area (Å²) in [5.41, 5.74) is 3.10. The van der Waals surface area contributed by atoms with Crippen LogP contribution in [0.25, 0.3) is 88.0 Å². The lowest BCUT2D eigenvalue weighted by atomic mass is 9.84. The van der Waals surface area contributed by atoms with Crippen molar-refractivity contribution in [1.29, 1.82) is 0 Å². The van der Waals surface area contributed by atoms with Crippen LogP contribution in [-0.2, 0) is 0 Å². The van der Waals surface area contributed by atoms with Gasteiger partial charge in [-0.05, 0) is 90.2 Å². The van der Waals surface area contributed by atoms with Crippen molar-refractivity contribution in [3.05, 3.63) is 170 Å². The fraction of sp³-hybridized carbons (Fsp3) is 0. The highest BCUT2D eigenvalue weighted by atomic mass is 16.3. The molecule has 8 aromatic carbocycles. The van der Waals surface area contributed by atoms with Crippen molar-refractivity contribution < 1.29 is 19.5 Å². The Balaban J connectivity index is 1.39. The van der Waals surface area contributed by atoms with Gasteiger partial charge < -0.3 is 4.42 Å². The van der Waals surface area contributed by atoms with Crippen molar-refractivity contribution >= 4 is 43.5 Å². The number of rotatable bonds is 4. The minimum absolute atomic E-state index is 0.0307. The molecule has 1 nitrogen and oxygen atoms in total. The van der Waals surface area contributed by atoms with E-state index in [0.717, 1.165) is 0 Å². The normalized spacial score (nSPS) is 15.0. The quantitative estimate of drug-likeness (QED) is 0.188. The third-order valence-corrected chi connectivity index (χ3v) is 8.22. The molecule has 0 N–H and O–H groups in total. The van der Waals surface area contributed by atoms with E-state index < -0.39 is 18.1 Å². The lowest BCUT2D eigenvalue weighted by Gasteiger charge is -2.19. The van der Waals surface area contributed by atoms with Crippen LogP contribution in [0.3, 0.4) is 0 Å². The second kappa shape index (κ2) is 10.4. The zero-order valence-electron chi connectivity index (χ0n) is 34.7. The zero-order chi connectivity index (χ0) is 39.3. The van der Waals surface area contributed by atoms with Crippen molar-refractivity contribution in [1.82, 2.24) is 0 Å². The summed E-state index contributed by atoms with van der Waals surface area (Å²) in [4.78, 5) is 0. The molecule has 210 valence electrons. The van der Waals surface area contributed by atoms with E-state index in [2.05, 4.69) is 0 Å². The Labute approximate surface area is 277 Å². The molecule has 0 bridgehead atoms. The monoisotopic (exact) mass is 583 g/mol. The van der Waals surface area contributed by atoms with Crippen molar-refractivity contribution in [2.24, 2.45) is 0 Å². The summed E-state index contributed by atoms with van der Waals surface area (Å²) in [6.07, 6.45) is 0. The van der Waals surface area contributed by atoms with Gasteiger partial charge in [0.05, 0.1) is 15.1 Å². The fourth-order valence-corrected chi connectivity index (χ4v) is 6.25. The molecule has 0 aliphatic rings. The fourth-order valence-electron chi connectivity index (χ4n) is 6.25. The van der Waals surface area contributed by atoms with E-state index >= 15 is 0 Å². The molecular weight excluding hydrogens is 544 g/mol. The lowest BCUT2D eigenvalue weighted by Crippen LogP contribution is -1.92. The molecule has 0 atom stereocenters. The molecule has 0 aliphatic heterocycles. The van der Waals surface area contributed by atoms with E-state index in [1.807, 2.05) is 66.7 Å². The van der Waals surface area contributed by atoms with Crippen LogP contribution in [0.1, 0.15) is 15.1 Å². The van der Waals surface area contributed by atoms with Gasteiger partial charge in [-0.2, -0.15) is 0 Å². The Bertz CT molecular complexity index is 3070. The Hall–Kier alpha value is -5.92. The van der Waals surface area contributed by atoms with Gasteiger partial charge in [-0.25, -0.2) is 0 Å². The van der Waals surface area contributed by atoms with Crippen molar-refractivity contribution in [3.63, 3.8) is 0 Å². The Kier molecular flexibility index (Phi) is 3.87. The topological polar surface area (TPSA) is 13.1 Å². The van der Waals surface area contributed by atoms with Gasteiger partial charge in [0.2, 0.25) is 0 Å². The summed E-state index contributed by atoms with van der Waals surface area (Å²) in [5, 5.41) is 2.74. The average Bonchev–Trinajstić information content (AvgIpc) is 3.63. The van der Waals surface area contributed by atoms with Gasteiger partial charge in [0.15, 0.2) is 0 Å². The number of furan rings is 1. The first-order valence-corrected chi connectivity index (χ1v) is 14.6. The molecule has 0 saturated carbocycles. The maximum atomic E-state index is 9.62. The average molecular weight is 584 g/mol. The minimum atomic E-state index is -0.483. The molecule has 9 aromatic rings. The maximum Gasteiger partial charge on any atom is 0.136 e. The van der Waals surface area contributed by atoms with E-state index in [4.69, 9.17) is 15.4 Å². The molecule has 0 aliphatic carbocycles. The van der Waals surface area contributed by atoms with E-state index in [0.29, 0.717) is 49.4 Å². The van der Waals surface area contributed by atoms with Crippen molar-refractivity contribution in [2.75, 3.05) is 0 Å². The van der Waals surface area contributed by atoms with Gasteiger partial charge in [-0.3, -0.25) is 0 Å². The van der Waals surface area contributed by atoms with Crippen LogP contribution in [0, 0.1) is 0 Å². The first kappa shape index (κ1) is 16.8. The minimum Gasteiger partial charge on any atom is -0.456 e. The van der Waals surface area contributed by atoms with Crippen molar-refractivity contribution in [3.8, 4) is 44.5 Å². The number of hydrogen-bond acceptors (Lipinski definition) is 1. The van der Waals surface area contributed by atoms with Crippen LogP contribution in [0.2, 0.25) is 0 Å². The molecule has 1 heterocycles. The number of benzene rings is 8. The predicted molar refractivity (Wildman–Crippen MR) is 190 cm³/mol.